The highest BCUT2D eigenvalue weighted by molar-refractivity contribution is 5.81. The summed E-state index contributed by atoms with van der Waals surface area (Å²) in [6.45, 7) is 10.6. The average molecular weight is 453 g/mol. The number of hydrogen-bond acceptors (Lipinski definition) is 6. The fourth-order valence-electron chi connectivity index (χ4n) is 3.86. The van der Waals surface area contributed by atoms with E-state index in [1.165, 1.54) is 0 Å². The summed E-state index contributed by atoms with van der Waals surface area (Å²) in [6, 6.07) is 15.6. The Balaban J connectivity index is 2.26. The summed E-state index contributed by atoms with van der Waals surface area (Å²) in [5, 5.41) is 20.8. The normalized spacial score (nSPS) is 13.0. The number of esters is 2. The molecule has 2 rings (SSSR count). The standard InChI is InChI=1S/C27H32O6/c1-5-25(30)32-17-21(28)15-19-11-7-9-13-23(19)27(3,4)24-14-10-8-12-20(24)16-22(29)18-33-26(31)6-2/h5-14,21-22,28-29H,1-2,15-18H2,3-4H3. The van der Waals surface area contributed by atoms with Crippen LogP contribution in [0.5, 0.6) is 0 Å². The minimum Gasteiger partial charge on any atom is -0.460 e. The van der Waals surface area contributed by atoms with Crippen LogP contribution < -0.4 is 0 Å². The van der Waals surface area contributed by atoms with Gasteiger partial charge in [-0.15, -0.1) is 0 Å². The Morgan fingerprint density at radius 1 is 0.818 bits per heavy atom. The first-order valence-corrected chi connectivity index (χ1v) is 10.8. The molecule has 2 aromatic carbocycles. The quantitative estimate of drug-likeness (QED) is 0.379. The number of ether oxygens (including phenoxy) is 2. The van der Waals surface area contributed by atoms with E-state index >= 15 is 0 Å². The van der Waals surface area contributed by atoms with E-state index in [0.29, 0.717) is 12.8 Å². The Labute approximate surface area is 195 Å². The molecule has 0 aliphatic heterocycles. The largest absolute Gasteiger partial charge is 0.460 e. The van der Waals surface area contributed by atoms with Gasteiger partial charge in [0.2, 0.25) is 0 Å². The van der Waals surface area contributed by atoms with Crippen molar-refractivity contribution in [2.75, 3.05) is 13.2 Å². The van der Waals surface area contributed by atoms with Crippen LogP contribution in [0.25, 0.3) is 0 Å². The Hall–Kier alpha value is -3.22. The van der Waals surface area contributed by atoms with Crippen LogP contribution in [0.3, 0.4) is 0 Å². The van der Waals surface area contributed by atoms with E-state index in [-0.39, 0.29) is 13.2 Å². The lowest BCUT2D eigenvalue weighted by molar-refractivity contribution is -0.141. The van der Waals surface area contributed by atoms with Gasteiger partial charge < -0.3 is 19.7 Å². The van der Waals surface area contributed by atoms with Crippen molar-refractivity contribution in [3.05, 3.63) is 96.1 Å². The second-order valence-electron chi connectivity index (χ2n) is 8.32. The summed E-state index contributed by atoms with van der Waals surface area (Å²) in [7, 11) is 0. The zero-order valence-electron chi connectivity index (χ0n) is 19.2. The van der Waals surface area contributed by atoms with Crippen molar-refractivity contribution in [2.24, 2.45) is 0 Å². The van der Waals surface area contributed by atoms with Crippen LogP contribution in [0, 0.1) is 0 Å². The Morgan fingerprint density at radius 2 is 1.18 bits per heavy atom. The van der Waals surface area contributed by atoms with Gasteiger partial charge in [-0.1, -0.05) is 75.5 Å². The molecule has 0 heterocycles. The molecule has 0 fully saturated rings. The zero-order chi connectivity index (χ0) is 24.4. The summed E-state index contributed by atoms with van der Waals surface area (Å²) in [5.74, 6) is -1.15. The van der Waals surface area contributed by atoms with Gasteiger partial charge in [-0.2, -0.15) is 0 Å². The Morgan fingerprint density at radius 3 is 1.55 bits per heavy atom. The fraction of sp³-hybridized carbons (Fsp3) is 0.333. The number of benzene rings is 2. The van der Waals surface area contributed by atoms with Gasteiger partial charge >= 0.3 is 11.9 Å². The molecule has 0 radical (unpaired) electrons. The van der Waals surface area contributed by atoms with Crippen LogP contribution in [0.4, 0.5) is 0 Å². The minimum atomic E-state index is -0.859. The summed E-state index contributed by atoms with van der Waals surface area (Å²) < 4.78 is 9.94. The molecule has 0 aromatic heterocycles. The van der Waals surface area contributed by atoms with Gasteiger partial charge in [-0.25, -0.2) is 9.59 Å². The lowest BCUT2D eigenvalue weighted by atomic mass is 9.73. The van der Waals surface area contributed by atoms with E-state index in [1.54, 1.807) is 0 Å². The molecule has 6 nitrogen and oxygen atoms in total. The maximum atomic E-state index is 11.3. The molecule has 0 spiro atoms. The smallest absolute Gasteiger partial charge is 0.330 e. The molecule has 0 saturated carbocycles. The number of carbonyl (C=O) groups excluding carboxylic acids is 2. The van der Waals surface area contributed by atoms with E-state index < -0.39 is 29.6 Å². The third kappa shape index (κ3) is 7.41. The summed E-state index contributed by atoms with van der Waals surface area (Å²) >= 11 is 0. The number of rotatable bonds is 12. The molecule has 2 aromatic rings. The van der Waals surface area contributed by atoms with Crippen molar-refractivity contribution < 1.29 is 29.3 Å². The average Bonchev–Trinajstić information content (AvgIpc) is 2.81. The van der Waals surface area contributed by atoms with Crippen molar-refractivity contribution in [3.63, 3.8) is 0 Å². The van der Waals surface area contributed by atoms with Gasteiger partial charge in [0.15, 0.2) is 0 Å². The van der Waals surface area contributed by atoms with E-state index in [0.717, 1.165) is 34.4 Å². The van der Waals surface area contributed by atoms with E-state index in [2.05, 4.69) is 27.0 Å². The van der Waals surface area contributed by atoms with Gasteiger partial charge in [0.1, 0.15) is 13.2 Å². The molecule has 33 heavy (non-hydrogen) atoms. The monoisotopic (exact) mass is 452 g/mol. The first-order valence-electron chi connectivity index (χ1n) is 10.8. The molecule has 0 amide bonds. The van der Waals surface area contributed by atoms with Gasteiger partial charge in [0.25, 0.3) is 0 Å². The molecule has 0 bridgehead atoms. The maximum Gasteiger partial charge on any atom is 0.330 e. The Bertz CT molecular complexity index is 901. The summed E-state index contributed by atoms with van der Waals surface area (Å²) in [4.78, 5) is 22.6. The lowest BCUT2D eigenvalue weighted by Crippen LogP contribution is -2.27. The number of aliphatic hydroxyl groups excluding tert-OH is 2. The van der Waals surface area contributed by atoms with Gasteiger partial charge in [-0.3, -0.25) is 0 Å². The molecule has 2 unspecified atom stereocenters. The minimum absolute atomic E-state index is 0.119. The highest BCUT2D eigenvalue weighted by Gasteiger charge is 2.29. The van der Waals surface area contributed by atoms with Gasteiger partial charge in [0, 0.05) is 30.4 Å². The molecule has 2 atom stereocenters. The van der Waals surface area contributed by atoms with Crippen LogP contribution in [0.2, 0.25) is 0 Å². The predicted molar refractivity (Wildman–Crippen MR) is 127 cm³/mol. The molecular formula is C27H32O6. The van der Waals surface area contributed by atoms with Crippen LogP contribution in [-0.2, 0) is 37.3 Å². The first-order chi connectivity index (χ1) is 15.7. The van der Waals surface area contributed by atoms with Gasteiger partial charge in [-0.05, 0) is 22.3 Å². The molecule has 176 valence electrons. The summed E-state index contributed by atoms with van der Waals surface area (Å²) in [5.41, 5.74) is 3.43. The van der Waals surface area contributed by atoms with E-state index in [9.17, 15) is 19.8 Å². The van der Waals surface area contributed by atoms with E-state index in [1.807, 2.05) is 48.5 Å². The fourth-order valence-corrected chi connectivity index (χ4v) is 3.86. The summed E-state index contributed by atoms with van der Waals surface area (Å²) in [6.07, 6.45) is 1.03. The molecular weight excluding hydrogens is 420 g/mol. The topological polar surface area (TPSA) is 93.1 Å². The molecule has 6 heteroatoms. The predicted octanol–water partition coefficient (Wildman–Crippen LogP) is 3.28. The second-order valence-corrected chi connectivity index (χ2v) is 8.32. The SMILES string of the molecule is C=CC(=O)OCC(O)Cc1ccccc1C(C)(C)c1ccccc1CC(O)COC(=O)C=C. The third-order valence-corrected chi connectivity index (χ3v) is 5.46. The highest BCUT2D eigenvalue weighted by atomic mass is 16.5. The maximum absolute atomic E-state index is 11.3. The zero-order valence-corrected chi connectivity index (χ0v) is 19.2. The van der Waals surface area contributed by atoms with Crippen molar-refractivity contribution in [3.8, 4) is 0 Å². The van der Waals surface area contributed by atoms with Gasteiger partial charge in [0.05, 0.1) is 12.2 Å². The molecule has 0 aliphatic rings. The second kappa shape index (κ2) is 12.1. The lowest BCUT2D eigenvalue weighted by Gasteiger charge is -2.31. The van der Waals surface area contributed by atoms with Crippen LogP contribution in [0.15, 0.2) is 73.8 Å². The van der Waals surface area contributed by atoms with Crippen LogP contribution in [0.1, 0.15) is 36.1 Å². The number of carbonyl (C=O) groups is 2. The van der Waals surface area contributed by atoms with E-state index in [4.69, 9.17) is 9.47 Å². The highest BCUT2D eigenvalue weighted by Crippen LogP contribution is 2.36. The molecule has 2 N–H and O–H groups in total. The molecule has 0 saturated heterocycles. The third-order valence-electron chi connectivity index (χ3n) is 5.46. The Kier molecular flexibility index (Phi) is 9.57. The van der Waals surface area contributed by atoms with Crippen molar-refractivity contribution in [1.29, 1.82) is 0 Å². The van der Waals surface area contributed by atoms with Crippen molar-refractivity contribution >= 4 is 11.9 Å². The molecule has 0 aliphatic carbocycles. The number of hydrogen-bond donors (Lipinski definition) is 2. The van der Waals surface area contributed by atoms with Crippen LogP contribution >= 0.6 is 0 Å². The van der Waals surface area contributed by atoms with Crippen LogP contribution in [-0.4, -0.2) is 47.6 Å². The first kappa shape index (κ1) is 26.0. The van der Waals surface area contributed by atoms with Crippen molar-refractivity contribution in [1.82, 2.24) is 0 Å². The number of aliphatic hydroxyl groups is 2. The van der Waals surface area contributed by atoms with Crippen molar-refractivity contribution in [2.45, 2.75) is 44.3 Å².